The third-order valence-corrected chi connectivity index (χ3v) is 2.07. The van der Waals surface area contributed by atoms with Gasteiger partial charge >= 0.3 is 0 Å². The van der Waals surface area contributed by atoms with E-state index >= 15 is 0 Å². The Labute approximate surface area is 74.4 Å². The van der Waals surface area contributed by atoms with E-state index in [9.17, 15) is 0 Å². The number of hydrogen-bond donors (Lipinski definition) is 2. The van der Waals surface area contributed by atoms with Crippen LogP contribution in [-0.4, -0.2) is 24.3 Å². The summed E-state index contributed by atoms with van der Waals surface area (Å²) in [5.74, 6) is 0.284. The number of nitrogens with zero attached hydrogens (tertiary/aromatic N) is 1. The summed E-state index contributed by atoms with van der Waals surface area (Å²) in [7, 11) is 0. The van der Waals surface area contributed by atoms with Gasteiger partial charge in [-0.05, 0) is 25.8 Å². The number of aliphatic hydroxyl groups is 1. The van der Waals surface area contributed by atoms with Gasteiger partial charge in [-0.1, -0.05) is 6.92 Å². The molecule has 0 saturated heterocycles. The second-order valence-corrected chi connectivity index (χ2v) is 3.16. The lowest BCUT2D eigenvalue weighted by Crippen LogP contribution is -2.34. The molecule has 2 N–H and O–H groups in total. The minimum Gasteiger partial charge on any atom is -0.396 e. The average Bonchev–Trinajstić information content (AvgIpc) is 2.10. The molecule has 0 aliphatic rings. The van der Waals surface area contributed by atoms with Crippen molar-refractivity contribution in [3.8, 4) is 6.07 Å². The molecule has 2 unspecified atom stereocenters. The number of hydrogen-bond acceptors (Lipinski definition) is 3. The van der Waals surface area contributed by atoms with Crippen LogP contribution in [-0.2, 0) is 0 Å². The van der Waals surface area contributed by atoms with Crippen molar-refractivity contribution in [2.45, 2.75) is 32.7 Å². The Morgan fingerprint density at radius 1 is 1.50 bits per heavy atom. The molecule has 3 nitrogen and oxygen atoms in total. The Hall–Kier alpha value is -0.590. The van der Waals surface area contributed by atoms with Crippen molar-refractivity contribution >= 4 is 0 Å². The molecule has 0 aliphatic heterocycles. The first-order valence-corrected chi connectivity index (χ1v) is 4.43. The lowest BCUT2D eigenvalue weighted by Gasteiger charge is -2.18. The molecular formula is C9H18N2O. The standard InChI is InChI=1S/C9H18N2O/c1-8(7-12)9(2)11-6-4-3-5-10/h8-9,11-12H,3-4,6-7H2,1-2H3. The SMILES string of the molecule is CC(CO)C(C)NCCCC#N. The summed E-state index contributed by atoms with van der Waals surface area (Å²) in [5, 5.41) is 20.3. The number of unbranched alkanes of at least 4 members (excludes halogenated alkanes) is 1. The van der Waals surface area contributed by atoms with Gasteiger partial charge in [0.25, 0.3) is 0 Å². The minimum absolute atomic E-state index is 0.215. The maximum atomic E-state index is 8.82. The summed E-state index contributed by atoms with van der Waals surface area (Å²) in [6.07, 6.45) is 1.49. The first-order chi connectivity index (χ1) is 5.72. The molecule has 0 fully saturated rings. The second kappa shape index (κ2) is 7.08. The van der Waals surface area contributed by atoms with E-state index in [0.29, 0.717) is 12.5 Å². The van der Waals surface area contributed by atoms with Crippen LogP contribution in [0.4, 0.5) is 0 Å². The van der Waals surface area contributed by atoms with E-state index in [1.165, 1.54) is 0 Å². The highest BCUT2D eigenvalue weighted by atomic mass is 16.3. The van der Waals surface area contributed by atoms with E-state index in [-0.39, 0.29) is 12.5 Å². The van der Waals surface area contributed by atoms with Gasteiger partial charge in [0.2, 0.25) is 0 Å². The van der Waals surface area contributed by atoms with E-state index in [1.807, 2.05) is 13.8 Å². The van der Waals surface area contributed by atoms with E-state index in [0.717, 1.165) is 13.0 Å². The third kappa shape index (κ3) is 5.11. The molecule has 0 spiro atoms. The fourth-order valence-corrected chi connectivity index (χ4v) is 0.856. The van der Waals surface area contributed by atoms with Crippen molar-refractivity contribution in [1.29, 1.82) is 5.26 Å². The Morgan fingerprint density at radius 3 is 2.67 bits per heavy atom. The highest BCUT2D eigenvalue weighted by Gasteiger charge is 2.08. The molecule has 0 aromatic heterocycles. The average molecular weight is 170 g/mol. The smallest absolute Gasteiger partial charge is 0.0622 e. The molecule has 0 aromatic carbocycles. The highest BCUT2D eigenvalue weighted by molar-refractivity contribution is 4.71. The van der Waals surface area contributed by atoms with Gasteiger partial charge in [-0.15, -0.1) is 0 Å². The van der Waals surface area contributed by atoms with Crippen molar-refractivity contribution in [2.75, 3.05) is 13.2 Å². The monoisotopic (exact) mass is 170 g/mol. The molecule has 12 heavy (non-hydrogen) atoms. The van der Waals surface area contributed by atoms with Gasteiger partial charge in [0, 0.05) is 19.1 Å². The molecule has 70 valence electrons. The maximum absolute atomic E-state index is 8.82. The molecule has 0 radical (unpaired) electrons. The predicted octanol–water partition coefficient (Wildman–Crippen LogP) is 0.897. The molecule has 3 heteroatoms. The number of rotatable bonds is 6. The number of nitrogens with one attached hydrogen (secondary N) is 1. The van der Waals surface area contributed by atoms with Gasteiger partial charge < -0.3 is 10.4 Å². The first-order valence-electron chi connectivity index (χ1n) is 4.43. The van der Waals surface area contributed by atoms with Crippen molar-refractivity contribution in [1.82, 2.24) is 5.32 Å². The fraction of sp³-hybridized carbons (Fsp3) is 0.889. The van der Waals surface area contributed by atoms with Crippen molar-refractivity contribution in [3.05, 3.63) is 0 Å². The topological polar surface area (TPSA) is 56.0 Å². The van der Waals surface area contributed by atoms with Crippen LogP contribution in [0.25, 0.3) is 0 Å². The lowest BCUT2D eigenvalue weighted by atomic mass is 10.1. The number of aliphatic hydroxyl groups excluding tert-OH is 1. The Morgan fingerprint density at radius 2 is 2.17 bits per heavy atom. The van der Waals surface area contributed by atoms with Crippen molar-refractivity contribution in [3.63, 3.8) is 0 Å². The summed E-state index contributed by atoms with van der Waals surface area (Å²) in [6, 6.07) is 2.42. The van der Waals surface area contributed by atoms with Gasteiger partial charge in [0.05, 0.1) is 6.07 Å². The van der Waals surface area contributed by atoms with Gasteiger partial charge in [0.15, 0.2) is 0 Å². The molecule has 0 saturated carbocycles. The van der Waals surface area contributed by atoms with E-state index in [2.05, 4.69) is 11.4 Å². The second-order valence-electron chi connectivity index (χ2n) is 3.16. The lowest BCUT2D eigenvalue weighted by molar-refractivity contribution is 0.207. The summed E-state index contributed by atoms with van der Waals surface area (Å²) in [4.78, 5) is 0. The fourth-order valence-electron chi connectivity index (χ4n) is 0.856. The predicted molar refractivity (Wildman–Crippen MR) is 48.6 cm³/mol. The summed E-state index contributed by atoms with van der Waals surface area (Å²) >= 11 is 0. The van der Waals surface area contributed by atoms with Gasteiger partial charge in [0.1, 0.15) is 0 Å². The molecule has 0 aromatic rings. The third-order valence-electron chi connectivity index (χ3n) is 2.07. The van der Waals surface area contributed by atoms with Gasteiger partial charge in [-0.3, -0.25) is 0 Å². The van der Waals surface area contributed by atoms with Crippen LogP contribution in [0.15, 0.2) is 0 Å². The first kappa shape index (κ1) is 11.4. The van der Waals surface area contributed by atoms with E-state index in [1.54, 1.807) is 0 Å². The molecule has 2 atom stereocenters. The number of nitriles is 1. The van der Waals surface area contributed by atoms with Crippen molar-refractivity contribution in [2.24, 2.45) is 5.92 Å². The Balaban J connectivity index is 3.32. The Bertz CT molecular complexity index is 142. The van der Waals surface area contributed by atoms with E-state index in [4.69, 9.17) is 10.4 Å². The zero-order chi connectivity index (χ0) is 9.40. The Kier molecular flexibility index (Phi) is 6.73. The van der Waals surface area contributed by atoms with Crippen LogP contribution in [0.5, 0.6) is 0 Å². The van der Waals surface area contributed by atoms with Crippen LogP contribution in [0, 0.1) is 17.2 Å². The zero-order valence-electron chi connectivity index (χ0n) is 7.88. The molecular weight excluding hydrogens is 152 g/mol. The van der Waals surface area contributed by atoms with Gasteiger partial charge in [-0.25, -0.2) is 0 Å². The summed E-state index contributed by atoms with van der Waals surface area (Å²) < 4.78 is 0. The maximum Gasteiger partial charge on any atom is 0.0622 e. The van der Waals surface area contributed by atoms with E-state index < -0.39 is 0 Å². The quantitative estimate of drug-likeness (QED) is 0.582. The van der Waals surface area contributed by atoms with Crippen LogP contribution >= 0.6 is 0 Å². The zero-order valence-corrected chi connectivity index (χ0v) is 7.88. The van der Waals surface area contributed by atoms with Crippen LogP contribution < -0.4 is 5.32 Å². The summed E-state index contributed by atoms with van der Waals surface area (Å²) in [5.41, 5.74) is 0. The van der Waals surface area contributed by atoms with Crippen LogP contribution in [0.2, 0.25) is 0 Å². The summed E-state index contributed by atoms with van der Waals surface area (Å²) in [6.45, 7) is 5.13. The molecule has 0 rings (SSSR count). The normalized spacial score (nSPS) is 15.2. The molecule has 0 aliphatic carbocycles. The van der Waals surface area contributed by atoms with Crippen LogP contribution in [0.1, 0.15) is 26.7 Å². The highest BCUT2D eigenvalue weighted by Crippen LogP contribution is 2.00. The molecule has 0 bridgehead atoms. The molecule has 0 heterocycles. The molecule has 0 amide bonds. The van der Waals surface area contributed by atoms with Crippen LogP contribution in [0.3, 0.4) is 0 Å². The largest absolute Gasteiger partial charge is 0.396 e. The van der Waals surface area contributed by atoms with Gasteiger partial charge in [-0.2, -0.15) is 5.26 Å². The minimum atomic E-state index is 0.215. The van der Waals surface area contributed by atoms with Crippen molar-refractivity contribution < 1.29 is 5.11 Å².